The monoisotopic (exact) mass is 334 g/mol. The van der Waals surface area contributed by atoms with Gasteiger partial charge in [0, 0.05) is 32.3 Å². The molecular formula is C16H31FN2O4. The molecule has 1 rings (SSSR count). The lowest BCUT2D eigenvalue weighted by Crippen LogP contribution is -2.57. The number of rotatable bonds is 7. The standard InChI is InChI=1S/C16H31FN2O4/c1-16(2,3)23-15(21)18-13-6-5-12(20)11-14(13)19(8-7-17)9-10-22-4/h12-14,20H,5-11H2,1-4H3,(H,18,21). The Balaban J connectivity index is 2.74. The van der Waals surface area contributed by atoms with Crippen molar-refractivity contribution in [1.82, 2.24) is 10.2 Å². The second-order valence-corrected chi connectivity index (χ2v) is 7.00. The highest BCUT2D eigenvalue weighted by Gasteiger charge is 2.35. The van der Waals surface area contributed by atoms with E-state index in [0.717, 1.165) is 0 Å². The van der Waals surface area contributed by atoms with Crippen LogP contribution in [0.1, 0.15) is 40.0 Å². The Hall–Kier alpha value is -0.920. The third-order valence-corrected chi connectivity index (χ3v) is 3.91. The van der Waals surface area contributed by atoms with Crippen molar-refractivity contribution in [3.63, 3.8) is 0 Å². The number of alkyl carbamates (subject to hydrolysis) is 1. The molecule has 136 valence electrons. The molecule has 3 atom stereocenters. The number of methoxy groups -OCH3 is 1. The molecule has 23 heavy (non-hydrogen) atoms. The normalized spacial score (nSPS) is 25.4. The zero-order valence-corrected chi connectivity index (χ0v) is 14.7. The number of hydrogen-bond acceptors (Lipinski definition) is 5. The fraction of sp³-hybridized carbons (Fsp3) is 0.938. The Morgan fingerprint density at radius 1 is 1.35 bits per heavy atom. The number of alkyl halides is 1. The molecule has 0 saturated heterocycles. The van der Waals surface area contributed by atoms with E-state index < -0.39 is 24.5 Å². The number of carbonyl (C=O) groups is 1. The van der Waals surface area contributed by atoms with Crippen LogP contribution in [0.25, 0.3) is 0 Å². The Morgan fingerprint density at radius 3 is 2.61 bits per heavy atom. The molecule has 0 aliphatic heterocycles. The van der Waals surface area contributed by atoms with Crippen LogP contribution in [0.15, 0.2) is 0 Å². The van der Waals surface area contributed by atoms with Gasteiger partial charge in [0.15, 0.2) is 0 Å². The van der Waals surface area contributed by atoms with Gasteiger partial charge in [-0.05, 0) is 40.0 Å². The first-order valence-electron chi connectivity index (χ1n) is 8.23. The van der Waals surface area contributed by atoms with Gasteiger partial charge < -0.3 is 19.9 Å². The van der Waals surface area contributed by atoms with Crippen LogP contribution in [0.2, 0.25) is 0 Å². The SMILES string of the molecule is COCCN(CCF)C1CC(O)CCC1NC(=O)OC(C)(C)C. The van der Waals surface area contributed by atoms with Gasteiger partial charge in [-0.3, -0.25) is 4.90 Å². The fourth-order valence-electron chi connectivity index (χ4n) is 2.92. The van der Waals surface area contributed by atoms with Gasteiger partial charge in [-0.25, -0.2) is 9.18 Å². The van der Waals surface area contributed by atoms with E-state index in [-0.39, 0.29) is 18.6 Å². The molecule has 6 nitrogen and oxygen atoms in total. The van der Waals surface area contributed by atoms with E-state index in [0.29, 0.717) is 32.4 Å². The molecule has 0 bridgehead atoms. The van der Waals surface area contributed by atoms with E-state index in [9.17, 15) is 14.3 Å². The van der Waals surface area contributed by atoms with E-state index in [1.807, 2.05) is 25.7 Å². The molecule has 1 amide bonds. The van der Waals surface area contributed by atoms with Crippen molar-refractivity contribution in [3.8, 4) is 0 Å². The zero-order chi connectivity index (χ0) is 17.5. The second-order valence-electron chi connectivity index (χ2n) is 7.00. The number of ether oxygens (including phenoxy) is 2. The third-order valence-electron chi connectivity index (χ3n) is 3.91. The van der Waals surface area contributed by atoms with Crippen molar-refractivity contribution in [1.29, 1.82) is 0 Å². The number of nitrogens with zero attached hydrogens (tertiary/aromatic N) is 1. The van der Waals surface area contributed by atoms with E-state index >= 15 is 0 Å². The minimum atomic E-state index is -0.567. The van der Waals surface area contributed by atoms with Crippen LogP contribution >= 0.6 is 0 Å². The van der Waals surface area contributed by atoms with Crippen LogP contribution in [0, 0.1) is 0 Å². The Kier molecular flexibility index (Phi) is 8.22. The zero-order valence-electron chi connectivity index (χ0n) is 14.7. The first-order chi connectivity index (χ1) is 10.8. The van der Waals surface area contributed by atoms with Gasteiger partial charge >= 0.3 is 6.09 Å². The molecule has 2 N–H and O–H groups in total. The number of nitrogens with one attached hydrogen (secondary N) is 1. The van der Waals surface area contributed by atoms with E-state index in [4.69, 9.17) is 9.47 Å². The molecule has 1 fully saturated rings. The molecular weight excluding hydrogens is 303 g/mol. The quantitative estimate of drug-likeness (QED) is 0.742. The highest BCUT2D eigenvalue weighted by Crippen LogP contribution is 2.24. The summed E-state index contributed by atoms with van der Waals surface area (Å²) in [5, 5.41) is 12.8. The highest BCUT2D eigenvalue weighted by atomic mass is 19.1. The lowest BCUT2D eigenvalue weighted by Gasteiger charge is -2.41. The maximum absolute atomic E-state index is 12.9. The predicted octanol–water partition coefficient (Wildman–Crippen LogP) is 1.71. The smallest absolute Gasteiger partial charge is 0.407 e. The molecule has 0 aromatic heterocycles. The van der Waals surface area contributed by atoms with E-state index in [1.54, 1.807) is 7.11 Å². The number of hydrogen-bond donors (Lipinski definition) is 2. The van der Waals surface area contributed by atoms with Crippen molar-refractivity contribution < 1.29 is 23.8 Å². The molecule has 1 aliphatic rings. The second kappa shape index (κ2) is 9.39. The summed E-state index contributed by atoms with van der Waals surface area (Å²) in [4.78, 5) is 14.0. The summed E-state index contributed by atoms with van der Waals surface area (Å²) >= 11 is 0. The van der Waals surface area contributed by atoms with Gasteiger partial charge in [0.1, 0.15) is 12.3 Å². The molecule has 7 heteroatoms. The van der Waals surface area contributed by atoms with Crippen LogP contribution in [-0.4, -0.2) is 73.4 Å². The lowest BCUT2D eigenvalue weighted by molar-refractivity contribution is 0.0150. The minimum Gasteiger partial charge on any atom is -0.444 e. The Morgan fingerprint density at radius 2 is 2.04 bits per heavy atom. The van der Waals surface area contributed by atoms with Crippen molar-refractivity contribution in [3.05, 3.63) is 0 Å². The van der Waals surface area contributed by atoms with Gasteiger partial charge in [-0.2, -0.15) is 0 Å². The summed E-state index contributed by atoms with van der Waals surface area (Å²) in [6.07, 6.45) is 0.854. The average molecular weight is 334 g/mol. The van der Waals surface area contributed by atoms with Crippen molar-refractivity contribution in [2.45, 2.75) is 63.8 Å². The van der Waals surface area contributed by atoms with Crippen LogP contribution in [-0.2, 0) is 9.47 Å². The average Bonchev–Trinajstić information content (AvgIpc) is 2.43. The Bertz CT molecular complexity index is 362. The Labute approximate surface area is 138 Å². The van der Waals surface area contributed by atoms with E-state index in [2.05, 4.69) is 5.32 Å². The number of aliphatic hydroxyl groups is 1. The molecule has 0 aromatic rings. The number of aliphatic hydroxyl groups excluding tert-OH is 1. The molecule has 0 radical (unpaired) electrons. The molecule has 1 saturated carbocycles. The summed E-state index contributed by atoms with van der Waals surface area (Å²) in [6.45, 7) is 6.24. The van der Waals surface area contributed by atoms with Gasteiger partial charge in [0.05, 0.1) is 12.7 Å². The molecule has 0 aromatic carbocycles. The molecule has 3 unspecified atom stereocenters. The minimum absolute atomic E-state index is 0.128. The van der Waals surface area contributed by atoms with Crippen LogP contribution in [0.4, 0.5) is 9.18 Å². The van der Waals surface area contributed by atoms with Crippen LogP contribution < -0.4 is 5.32 Å². The van der Waals surface area contributed by atoms with Gasteiger partial charge in [-0.1, -0.05) is 0 Å². The predicted molar refractivity (Wildman–Crippen MR) is 86.2 cm³/mol. The number of halogens is 1. The molecule has 0 spiro atoms. The largest absolute Gasteiger partial charge is 0.444 e. The summed E-state index contributed by atoms with van der Waals surface area (Å²) in [6, 6.07) is -0.297. The first-order valence-corrected chi connectivity index (χ1v) is 8.23. The molecule has 1 aliphatic carbocycles. The fourth-order valence-corrected chi connectivity index (χ4v) is 2.92. The first kappa shape index (κ1) is 20.1. The van der Waals surface area contributed by atoms with Crippen molar-refractivity contribution >= 4 is 6.09 Å². The van der Waals surface area contributed by atoms with Crippen LogP contribution in [0.5, 0.6) is 0 Å². The summed E-state index contributed by atoms with van der Waals surface area (Å²) in [7, 11) is 1.60. The number of amides is 1. The molecule has 0 heterocycles. The van der Waals surface area contributed by atoms with Crippen LogP contribution in [0.3, 0.4) is 0 Å². The van der Waals surface area contributed by atoms with Gasteiger partial charge in [-0.15, -0.1) is 0 Å². The van der Waals surface area contributed by atoms with Gasteiger partial charge in [0.2, 0.25) is 0 Å². The summed E-state index contributed by atoms with van der Waals surface area (Å²) in [5.74, 6) is 0. The summed E-state index contributed by atoms with van der Waals surface area (Å²) < 4.78 is 23.3. The lowest BCUT2D eigenvalue weighted by atomic mass is 9.87. The number of carbonyl (C=O) groups excluding carboxylic acids is 1. The topological polar surface area (TPSA) is 71.0 Å². The van der Waals surface area contributed by atoms with Crippen molar-refractivity contribution in [2.75, 3.05) is 33.5 Å². The maximum Gasteiger partial charge on any atom is 0.407 e. The maximum atomic E-state index is 12.9. The summed E-state index contributed by atoms with van der Waals surface area (Å²) in [5.41, 5.74) is -0.567. The van der Waals surface area contributed by atoms with Crippen molar-refractivity contribution in [2.24, 2.45) is 0 Å². The highest BCUT2D eigenvalue weighted by molar-refractivity contribution is 5.68. The van der Waals surface area contributed by atoms with Gasteiger partial charge in [0.25, 0.3) is 0 Å². The van der Waals surface area contributed by atoms with E-state index in [1.165, 1.54) is 0 Å². The third kappa shape index (κ3) is 7.46.